The lowest BCUT2D eigenvalue weighted by atomic mass is 10.1. The molecule has 4 nitrogen and oxygen atoms in total. The molecule has 1 aromatic heterocycles. The molecule has 2 aromatic rings. The number of hydrogen-bond acceptors (Lipinski definition) is 4. The Hall–Kier alpha value is -1.33. The summed E-state index contributed by atoms with van der Waals surface area (Å²) in [5, 5.41) is 0.469. The van der Waals surface area contributed by atoms with Crippen LogP contribution in [-0.4, -0.2) is 14.2 Å². The van der Waals surface area contributed by atoms with Crippen molar-refractivity contribution in [3.63, 3.8) is 0 Å². The summed E-state index contributed by atoms with van der Waals surface area (Å²) in [5.74, 6) is 0.294. The van der Waals surface area contributed by atoms with Gasteiger partial charge in [-0.1, -0.05) is 0 Å². The van der Waals surface area contributed by atoms with E-state index in [1.807, 2.05) is 0 Å². The van der Waals surface area contributed by atoms with Crippen molar-refractivity contribution >= 4 is 36.5 Å². The van der Waals surface area contributed by atoms with Gasteiger partial charge in [0, 0.05) is 16.1 Å². The van der Waals surface area contributed by atoms with Crippen molar-refractivity contribution < 1.29 is 17.6 Å². The number of halogens is 1. The molecular weight excluding hydrogens is 264 g/mol. The van der Waals surface area contributed by atoms with Crippen LogP contribution in [-0.2, 0) is 9.05 Å². The Balaban J connectivity index is 2.84. The van der Waals surface area contributed by atoms with Gasteiger partial charge >= 0.3 is 0 Å². The summed E-state index contributed by atoms with van der Waals surface area (Å²) < 4.78 is 27.8. The van der Waals surface area contributed by atoms with Gasteiger partial charge in [-0.25, -0.2) is 8.42 Å². The van der Waals surface area contributed by atoms with Gasteiger partial charge in [0.25, 0.3) is 9.05 Å². The van der Waals surface area contributed by atoms with Gasteiger partial charge in [0.1, 0.15) is 11.3 Å². The average molecular weight is 273 g/mol. The molecule has 0 spiro atoms. The molecule has 0 aliphatic carbocycles. The maximum Gasteiger partial charge on any atom is 0.261 e. The number of hydrogen-bond donors (Lipinski definition) is 0. The summed E-state index contributed by atoms with van der Waals surface area (Å²) in [7, 11) is 1.45. The summed E-state index contributed by atoms with van der Waals surface area (Å²) in [6.07, 6.45) is 0. The summed E-state index contributed by atoms with van der Waals surface area (Å²) >= 11 is 0. The monoisotopic (exact) mass is 272 g/mol. The predicted octanol–water partition coefficient (Wildman–Crippen LogP) is 2.87. The van der Waals surface area contributed by atoms with Gasteiger partial charge in [0.05, 0.1) is 10.5 Å². The van der Waals surface area contributed by atoms with Gasteiger partial charge in [-0.05, 0) is 32.0 Å². The lowest BCUT2D eigenvalue weighted by molar-refractivity contribution is 0.101. The minimum Gasteiger partial charge on any atom is -0.461 e. The number of benzene rings is 1. The maximum atomic E-state index is 11.5. The number of rotatable bonds is 2. The van der Waals surface area contributed by atoms with Crippen LogP contribution in [0.25, 0.3) is 11.0 Å². The Bertz CT molecular complexity index is 712. The van der Waals surface area contributed by atoms with E-state index in [1.54, 1.807) is 6.92 Å². The van der Waals surface area contributed by atoms with Crippen molar-refractivity contribution in [3.8, 4) is 0 Å². The lowest BCUT2D eigenvalue weighted by Crippen LogP contribution is -1.94. The second-order valence-corrected chi connectivity index (χ2v) is 6.25. The highest BCUT2D eigenvalue weighted by atomic mass is 35.7. The third-order valence-corrected chi connectivity index (χ3v) is 3.82. The van der Waals surface area contributed by atoms with Crippen LogP contribution in [0.3, 0.4) is 0 Å². The molecule has 0 radical (unpaired) electrons. The maximum absolute atomic E-state index is 11.5. The normalized spacial score (nSPS) is 11.9. The summed E-state index contributed by atoms with van der Waals surface area (Å²) in [6, 6.07) is 4.19. The third-order valence-electron chi connectivity index (χ3n) is 2.47. The molecule has 0 amide bonds. The SMILES string of the molecule is CC(=O)c1c(C)oc2ccc(S(=O)(=O)Cl)cc12. The van der Waals surface area contributed by atoms with Gasteiger partial charge < -0.3 is 4.42 Å². The highest BCUT2D eigenvalue weighted by molar-refractivity contribution is 8.13. The van der Waals surface area contributed by atoms with Crippen LogP contribution in [0, 0.1) is 6.92 Å². The molecule has 17 heavy (non-hydrogen) atoms. The van der Waals surface area contributed by atoms with E-state index in [1.165, 1.54) is 25.1 Å². The van der Waals surface area contributed by atoms with E-state index in [4.69, 9.17) is 15.1 Å². The van der Waals surface area contributed by atoms with Crippen molar-refractivity contribution in [3.05, 3.63) is 29.5 Å². The zero-order chi connectivity index (χ0) is 12.8. The van der Waals surface area contributed by atoms with Crippen LogP contribution in [0.15, 0.2) is 27.5 Å². The van der Waals surface area contributed by atoms with E-state index < -0.39 is 9.05 Å². The Kier molecular flexibility index (Phi) is 2.75. The third kappa shape index (κ3) is 2.08. The minimum atomic E-state index is -3.81. The molecule has 0 N–H and O–H groups in total. The number of furan rings is 1. The first kappa shape index (κ1) is 12.1. The fraction of sp³-hybridized carbons (Fsp3) is 0.182. The molecule has 0 atom stereocenters. The fourth-order valence-corrected chi connectivity index (χ4v) is 2.57. The molecular formula is C11H9ClO4S. The first-order valence-corrected chi connectivity index (χ1v) is 7.10. The first-order valence-electron chi connectivity index (χ1n) is 4.79. The largest absolute Gasteiger partial charge is 0.461 e. The van der Waals surface area contributed by atoms with Crippen LogP contribution in [0.4, 0.5) is 0 Å². The first-order chi connectivity index (χ1) is 7.80. The number of aryl methyl sites for hydroxylation is 1. The van der Waals surface area contributed by atoms with Gasteiger partial charge in [-0.3, -0.25) is 4.79 Å². The van der Waals surface area contributed by atoms with E-state index in [0.717, 1.165) is 0 Å². The second-order valence-electron chi connectivity index (χ2n) is 3.69. The fourth-order valence-electron chi connectivity index (χ4n) is 1.79. The van der Waals surface area contributed by atoms with E-state index in [-0.39, 0.29) is 10.7 Å². The van der Waals surface area contributed by atoms with Gasteiger partial charge in [-0.15, -0.1) is 0 Å². The van der Waals surface area contributed by atoms with Crippen LogP contribution in [0.5, 0.6) is 0 Å². The predicted molar refractivity (Wildman–Crippen MR) is 64.0 cm³/mol. The molecule has 6 heteroatoms. The van der Waals surface area contributed by atoms with Crippen LogP contribution >= 0.6 is 10.7 Å². The van der Waals surface area contributed by atoms with Gasteiger partial charge in [0.2, 0.25) is 0 Å². The van der Waals surface area contributed by atoms with Crippen molar-refractivity contribution in [2.24, 2.45) is 0 Å². The summed E-state index contributed by atoms with van der Waals surface area (Å²) in [5.41, 5.74) is 0.860. The van der Waals surface area contributed by atoms with Gasteiger partial charge in [0.15, 0.2) is 5.78 Å². The molecule has 0 bridgehead atoms. The smallest absolute Gasteiger partial charge is 0.261 e. The average Bonchev–Trinajstić information content (AvgIpc) is 2.50. The number of carbonyl (C=O) groups is 1. The molecule has 0 saturated heterocycles. The number of carbonyl (C=O) groups excluding carboxylic acids is 1. The van der Waals surface area contributed by atoms with Crippen LogP contribution in [0.2, 0.25) is 0 Å². The molecule has 0 unspecified atom stereocenters. The highest BCUT2D eigenvalue weighted by Crippen LogP contribution is 2.29. The van der Waals surface area contributed by atoms with E-state index in [0.29, 0.717) is 22.3 Å². The van der Waals surface area contributed by atoms with Gasteiger partial charge in [-0.2, -0.15) is 0 Å². The highest BCUT2D eigenvalue weighted by Gasteiger charge is 2.18. The Morgan fingerprint density at radius 3 is 2.53 bits per heavy atom. The molecule has 0 saturated carbocycles. The van der Waals surface area contributed by atoms with Crippen molar-refractivity contribution in [1.82, 2.24) is 0 Å². The number of ketones is 1. The van der Waals surface area contributed by atoms with Crippen molar-refractivity contribution in [2.45, 2.75) is 18.7 Å². The Morgan fingerprint density at radius 1 is 1.35 bits per heavy atom. The topological polar surface area (TPSA) is 64.3 Å². The van der Waals surface area contributed by atoms with E-state index in [9.17, 15) is 13.2 Å². The van der Waals surface area contributed by atoms with E-state index in [2.05, 4.69) is 0 Å². The molecule has 90 valence electrons. The molecule has 0 aliphatic heterocycles. The number of Topliss-reactive ketones (excluding diaryl/α,β-unsaturated/α-hetero) is 1. The molecule has 0 fully saturated rings. The van der Waals surface area contributed by atoms with Crippen molar-refractivity contribution in [1.29, 1.82) is 0 Å². The molecule has 1 aromatic carbocycles. The van der Waals surface area contributed by atoms with Crippen molar-refractivity contribution in [2.75, 3.05) is 0 Å². The van der Waals surface area contributed by atoms with E-state index >= 15 is 0 Å². The number of fused-ring (bicyclic) bond motifs is 1. The Labute approximate surface area is 103 Å². The zero-order valence-corrected chi connectivity index (χ0v) is 10.7. The molecule has 2 rings (SSSR count). The second kappa shape index (κ2) is 3.85. The molecule has 1 heterocycles. The quantitative estimate of drug-likeness (QED) is 0.623. The standard InChI is InChI=1S/C11H9ClO4S/c1-6(13)11-7(2)16-10-4-3-8(5-9(10)11)17(12,14)15/h3-5H,1-2H3. The lowest BCUT2D eigenvalue weighted by Gasteiger charge is -1.96. The van der Waals surface area contributed by atoms with Crippen LogP contribution < -0.4 is 0 Å². The zero-order valence-electron chi connectivity index (χ0n) is 9.15. The Morgan fingerprint density at radius 2 is 2.00 bits per heavy atom. The van der Waals surface area contributed by atoms with Crippen LogP contribution in [0.1, 0.15) is 23.0 Å². The molecule has 0 aliphatic rings. The summed E-state index contributed by atoms with van der Waals surface area (Å²) in [4.78, 5) is 11.4. The minimum absolute atomic E-state index is 0.0463. The summed E-state index contributed by atoms with van der Waals surface area (Å²) in [6.45, 7) is 3.06.